The molecule has 0 amide bonds. The summed E-state index contributed by atoms with van der Waals surface area (Å²) >= 11 is 0. The molecule has 2 N–H and O–H groups in total. The SMILES string of the molecule is CN=C(NCCOc1ccc(C)cc1)NC(C)c1ccccc1.I. The lowest BCUT2D eigenvalue weighted by Gasteiger charge is -2.18. The van der Waals surface area contributed by atoms with E-state index in [9.17, 15) is 0 Å². The minimum atomic E-state index is 0. The average Bonchev–Trinajstić information content (AvgIpc) is 2.59. The smallest absolute Gasteiger partial charge is 0.191 e. The maximum Gasteiger partial charge on any atom is 0.191 e. The molecule has 0 spiro atoms. The van der Waals surface area contributed by atoms with Gasteiger partial charge in [-0.25, -0.2) is 0 Å². The van der Waals surface area contributed by atoms with Crippen LogP contribution in [0.15, 0.2) is 59.6 Å². The van der Waals surface area contributed by atoms with Gasteiger partial charge >= 0.3 is 0 Å². The summed E-state index contributed by atoms with van der Waals surface area (Å²) < 4.78 is 5.70. The zero-order valence-corrected chi connectivity index (χ0v) is 16.8. The largest absolute Gasteiger partial charge is 0.492 e. The third-order valence-corrected chi connectivity index (χ3v) is 3.56. The monoisotopic (exact) mass is 439 g/mol. The van der Waals surface area contributed by atoms with Crippen LogP contribution in [-0.4, -0.2) is 26.2 Å². The molecule has 0 saturated heterocycles. The lowest BCUT2D eigenvalue weighted by atomic mass is 10.1. The van der Waals surface area contributed by atoms with Gasteiger partial charge in [0.1, 0.15) is 12.4 Å². The van der Waals surface area contributed by atoms with Gasteiger partial charge < -0.3 is 15.4 Å². The highest BCUT2D eigenvalue weighted by Gasteiger charge is 2.06. The van der Waals surface area contributed by atoms with Crippen molar-refractivity contribution in [1.82, 2.24) is 10.6 Å². The van der Waals surface area contributed by atoms with E-state index in [1.807, 2.05) is 42.5 Å². The molecule has 1 atom stereocenters. The van der Waals surface area contributed by atoms with E-state index >= 15 is 0 Å². The fourth-order valence-electron chi connectivity index (χ4n) is 2.20. The van der Waals surface area contributed by atoms with Gasteiger partial charge in [-0.15, -0.1) is 24.0 Å². The molecule has 0 aromatic heterocycles. The van der Waals surface area contributed by atoms with Gasteiger partial charge in [-0.1, -0.05) is 48.0 Å². The van der Waals surface area contributed by atoms with Crippen molar-refractivity contribution >= 4 is 29.9 Å². The first kappa shape index (κ1) is 20.3. The Morgan fingerprint density at radius 2 is 1.75 bits per heavy atom. The van der Waals surface area contributed by atoms with E-state index in [2.05, 4.69) is 41.6 Å². The molecule has 2 aromatic carbocycles. The second-order valence-corrected chi connectivity index (χ2v) is 5.44. The zero-order valence-electron chi connectivity index (χ0n) is 14.5. The molecule has 4 nitrogen and oxygen atoms in total. The number of guanidine groups is 1. The number of nitrogens with one attached hydrogen (secondary N) is 2. The highest BCUT2D eigenvalue weighted by molar-refractivity contribution is 14.0. The lowest BCUT2D eigenvalue weighted by molar-refractivity contribution is 0.321. The molecule has 5 heteroatoms. The molecule has 0 saturated carbocycles. The molecule has 2 rings (SSSR count). The summed E-state index contributed by atoms with van der Waals surface area (Å²) in [5, 5.41) is 6.64. The Morgan fingerprint density at radius 3 is 2.38 bits per heavy atom. The first-order chi connectivity index (χ1) is 11.2. The first-order valence-corrected chi connectivity index (χ1v) is 7.90. The van der Waals surface area contributed by atoms with E-state index in [4.69, 9.17) is 4.74 Å². The number of ether oxygens (including phenoxy) is 1. The van der Waals surface area contributed by atoms with Gasteiger partial charge in [0.2, 0.25) is 0 Å². The number of rotatable bonds is 6. The van der Waals surface area contributed by atoms with Crippen molar-refractivity contribution in [3.8, 4) is 5.75 Å². The Morgan fingerprint density at radius 1 is 1.08 bits per heavy atom. The molecule has 0 bridgehead atoms. The van der Waals surface area contributed by atoms with Gasteiger partial charge in [-0.05, 0) is 31.5 Å². The van der Waals surface area contributed by atoms with Gasteiger partial charge in [0.05, 0.1) is 12.6 Å². The van der Waals surface area contributed by atoms with Crippen LogP contribution in [-0.2, 0) is 0 Å². The summed E-state index contributed by atoms with van der Waals surface area (Å²) in [5.41, 5.74) is 2.46. The van der Waals surface area contributed by atoms with Crippen molar-refractivity contribution in [2.75, 3.05) is 20.2 Å². The number of benzene rings is 2. The summed E-state index contributed by atoms with van der Waals surface area (Å²) in [5.74, 6) is 1.66. The highest BCUT2D eigenvalue weighted by atomic mass is 127. The van der Waals surface area contributed by atoms with E-state index in [1.165, 1.54) is 11.1 Å². The van der Waals surface area contributed by atoms with Gasteiger partial charge in [0.25, 0.3) is 0 Å². The highest BCUT2D eigenvalue weighted by Crippen LogP contribution is 2.11. The van der Waals surface area contributed by atoms with Crippen LogP contribution >= 0.6 is 24.0 Å². The van der Waals surface area contributed by atoms with Crippen molar-refractivity contribution in [3.63, 3.8) is 0 Å². The number of halogens is 1. The Kier molecular flexibility index (Phi) is 9.22. The van der Waals surface area contributed by atoms with Gasteiger partial charge in [0.15, 0.2) is 5.96 Å². The molecular weight excluding hydrogens is 413 g/mol. The molecule has 0 aliphatic rings. The Balaban J connectivity index is 0.00000288. The Bertz CT molecular complexity index is 614. The van der Waals surface area contributed by atoms with Gasteiger partial charge in [-0.2, -0.15) is 0 Å². The van der Waals surface area contributed by atoms with Crippen LogP contribution in [0.4, 0.5) is 0 Å². The predicted molar refractivity (Wildman–Crippen MR) is 111 cm³/mol. The summed E-state index contributed by atoms with van der Waals surface area (Å²) in [6.45, 7) is 5.46. The fraction of sp³-hybridized carbons (Fsp3) is 0.316. The Hall–Kier alpha value is -1.76. The van der Waals surface area contributed by atoms with Crippen molar-refractivity contribution in [2.45, 2.75) is 19.9 Å². The van der Waals surface area contributed by atoms with Gasteiger partial charge in [0, 0.05) is 7.05 Å². The van der Waals surface area contributed by atoms with Gasteiger partial charge in [-0.3, -0.25) is 4.99 Å². The molecule has 2 aromatic rings. The Labute approximate surface area is 161 Å². The number of nitrogens with zero attached hydrogens (tertiary/aromatic N) is 1. The molecule has 0 fully saturated rings. The maximum absolute atomic E-state index is 5.70. The van der Waals surface area contributed by atoms with Crippen LogP contribution in [0.25, 0.3) is 0 Å². The number of hydrogen-bond donors (Lipinski definition) is 2. The van der Waals surface area contributed by atoms with Crippen LogP contribution in [0.2, 0.25) is 0 Å². The van der Waals surface area contributed by atoms with Crippen molar-refractivity contribution in [2.24, 2.45) is 4.99 Å². The fourth-order valence-corrected chi connectivity index (χ4v) is 2.20. The van der Waals surface area contributed by atoms with Crippen LogP contribution in [0.5, 0.6) is 5.75 Å². The molecule has 0 aliphatic carbocycles. The molecule has 1 unspecified atom stereocenters. The van der Waals surface area contributed by atoms with E-state index in [-0.39, 0.29) is 30.0 Å². The normalized spacial score (nSPS) is 12.0. The number of aryl methyl sites for hydroxylation is 1. The second kappa shape index (κ2) is 10.9. The van der Waals surface area contributed by atoms with E-state index < -0.39 is 0 Å². The van der Waals surface area contributed by atoms with Crippen LogP contribution in [0, 0.1) is 6.92 Å². The van der Waals surface area contributed by atoms with E-state index in [0.717, 1.165) is 11.7 Å². The van der Waals surface area contributed by atoms with Crippen molar-refractivity contribution in [3.05, 3.63) is 65.7 Å². The van der Waals surface area contributed by atoms with Crippen LogP contribution in [0.1, 0.15) is 24.1 Å². The first-order valence-electron chi connectivity index (χ1n) is 7.90. The number of aliphatic imine (C=N–C) groups is 1. The topological polar surface area (TPSA) is 45.7 Å². The van der Waals surface area contributed by atoms with Crippen LogP contribution < -0.4 is 15.4 Å². The molecule has 0 radical (unpaired) electrons. The number of hydrogen-bond acceptors (Lipinski definition) is 2. The third kappa shape index (κ3) is 6.78. The maximum atomic E-state index is 5.70. The van der Waals surface area contributed by atoms with E-state index in [0.29, 0.717) is 13.2 Å². The summed E-state index contributed by atoms with van der Waals surface area (Å²) in [4.78, 5) is 4.25. The molecule has 0 aliphatic heterocycles. The summed E-state index contributed by atoms with van der Waals surface area (Å²) in [7, 11) is 1.77. The lowest BCUT2D eigenvalue weighted by Crippen LogP contribution is -2.40. The minimum Gasteiger partial charge on any atom is -0.492 e. The zero-order chi connectivity index (χ0) is 16.5. The average molecular weight is 439 g/mol. The molecule has 0 heterocycles. The molecule has 24 heavy (non-hydrogen) atoms. The predicted octanol–water partition coefficient (Wildman–Crippen LogP) is 3.92. The van der Waals surface area contributed by atoms with Crippen LogP contribution in [0.3, 0.4) is 0 Å². The molecular formula is C19H26IN3O. The standard InChI is InChI=1S/C19H25N3O.HI/c1-15-9-11-18(12-10-15)23-14-13-21-19(20-3)22-16(2)17-7-5-4-6-8-17;/h4-12,16H,13-14H2,1-3H3,(H2,20,21,22);1H. The quantitative estimate of drug-likeness (QED) is 0.311. The van der Waals surface area contributed by atoms with Crippen molar-refractivity contribution < 1.29 is 4.74 Å². The van der Waals surface area contributed by atoms with E-state index in [1.54, 1.807) is 7.05 Å². The minimum absolute atomic E-state index is 0. The summed E-state index contributed by atoms with van der Waals surface area (Å²) in [6.07, 6.45) is 0. The molecule has 130 valence electrons. The summed E-state index contributed by atoms with van der Waals surface area (Å²) in [6, 6.07) is 18.6. The van der Waals surface area contributed by atoms with Crippen molar-refractivity contribution in [1.29, 1.82) is 0 Å². The second-order valence-electron chi connectivity index (χ2n) is 5.44. The third-order valence-electron chi connectivity index (χ3n) is 3.56.